The fraction of sp³-hybridized carbons (Fsp3) is 0.391. The van der Waals surface area contributed by atoms with Crippen molar-refractivity contribution in [2.45, 2.75) is 58.7 Å². The molecular weight excluding hydrogens is 453 g/mol. The highest BCUT2D eigenvalue weighted by atomic mass is 35.5. The number of carbonyl (C=O) groups excluding carboxylic acids is 2. The molecule has 2 aromatic carbocycles. The number of amides is 2. The number of nitro groups is 1. The molecule has 0 aliphatic rings. The fourth-order valence-electron chi connectivity index (χ4n) is 3.32. The van der Waals surface area contributed by atoms with E-state index in [9.17, 15) is 19.7 Å². The lowest BCUT2D eigenvalue weighted by Gasteiger charge is -2.32. The van der Waals surface area contributed by atoms with E-state index in [1.54, 1.807) is 37.3 Å². The van der Waals surface area contributed by atoms with E-state index in [1.807, 2.05) is 13.8 Å². The van der Waals surface area contributed by atoms with Crippen LogP contribution in [0.1, 0.15) is 44.7 Å². The molecule has 0 bridgehead atoms. The van der Waals surface area contributed by atoms with Gasteiger partial charge in [0.25, 0.3) is 5.69 Å². The summed E-state index contributed by atoms with van der Waals surface area (Å²) in [6.07, 6.45) is 0.863. The third kappa shape index (κ3) is 6.43. The molecule has 7 nitrogen and oxygen atoms in total. The van der Waals surface area contributed by atoms with Crippen LogP contribution in [0.25, 0.3) is 0 Å². The molecule has 2 unspecified atom stereocenters. The molecule has 9 heteroatoms. The van der Waals surface area contributed by atoms with E-state index in [2.05, 4.69) is 5.32 Å². The summed E-state index contributed by atoms with van der Waals surface area (Å²) in [5, 5.41) is 15.1. The highest BCUT2D eigenvalue weighted by Crippen LogP contribution is 2.28. The van der Waals surface area contributed by atoms with Gasteiger partial charge in [0, 0.05) is 39.8 Å². The number of hydrogen-bond donors (Lipinski definition) is 1. The van der Waals surface area contributed by atoms with Gasteiger partial charge in [0.2, 0.25) is 11.8 Å². The van der Waals surface area contributed by atoms with Gasteiger partial charge in [-0.15, -0.1) is 0 Å². The lowest BCUT2D eigenvalue weighted by molar-refractivity contribution is -0.385. The number of carbonyl (C=O) groups is 2. The van der Waals surface area contributed by atoms with E-state index in [-0.39, 0.29) is 36.2 Å². The molecule has 0 fully saturated rings. The van der Waals surface area contributed by atoms with Crippen LogP contribution >= 0.6 is 23.2 Å². The van der Waals surface area contributed by atoms with Crippen molar-refractivity contribution in [1.82, 2.24) is 10.2 Å². The van der Waals surface area contributed by atoms with Gasteiger partial charge in [-0.1, -0.05) is 61.3 Å². The SMILES string of the molecule is CCC(C)NC(=O)C(CC)N(Cc1c(Cl)cccc1Cl)C(=O)Cc1ccccc1[N+](=O)[O-]. The molecule has 2 amide bonds. The Labute approximate surface area is 197 Å². The topological polar surface area (TPSA) is 92.6 Å². The van der Waals surface area contributed by atoms with Crippen LogP contribution in [0.3, 0.4) is 0 Å². The summed E-state index contributed by atoms with van der Waals surface area (Å²) in [5.74, 6) is -0.720. The number of benzene rings is 2. The van der Waals surface area contributed by atoms with Crippen LogP contribution in [0.4, 0.5) is 5.69 Å². The maximum absolute atomic E-state index is 13.4. The second-order valence-corrected chi connectivity index (χ2v) is 8.34. The van der Waals surface area contributed by atoms with Gasteiger partial charge in [-0.3, -0.25) is 19.7 Å². The number of halogens is 2. The van der Waals surface area contributed by atoms with Crippen molar-refractivity contribution in [3.63, 3.8) is 0 Å². The van der Waals surface area contributed by atoms with Crippen molar-refractivity contribution in [3.05, 3.63) is 73.8 Å². The molecule has 0 aromatic heterocycles. The molecule has 0 heterocycles. The monoisotopic (exact) mass is 479 g/mol. The quantitative estimate of drug-likeness (QED) is 0.375. The van der Waals surface area contributed by atoms with Crippen LogP contribution in [0.5, 0.6) is 0 Å². The summed E-state index contributed by atoms with van der Waals surface area (Å²) in [4.78, 5) is 38.7. The fourth-order valence-corrected chi connectivity index (χ4v) is 3.83. The van der Waals surface area contributed by atoms with E-state index in [1.165, 1.54) is 17.0 Å². The minimum atomic E-state index is -0.786. The lowest BCUT2D eigenvalue weighted by atomic mass is 10.0. The van der Waals surface area contributed by atoms with Crippen LogP contribution < -0.4 is 5.32 Å². The van der Waals surface area contributed by atoms with Crippen LogP contribution in [-0.2, 0) is 22.6 Å². The van der Waals surface area contributed by atoms with E-state index < -0.39 is 16.9 Å². The van der Waals surface area contributed by atoms with Gasteiger partial charge in [-0.25, -0.2) is 0 Å². The first kappa shape index (κ1) is 25.6. The summed E-state index contributed by atoms with van der Waals surface area (Å²) >= 11 is 12.7. The normalized spacial score (nSPS) is 12.7. The molecular formula is C23H27Cl2N3O4. The summed E-state index contributed by atoms with van der Waals surface area (Å²) in [6, 6.07) is 10.2. The molecule has 2 atom stereocenters. The van der Waals surface area contributed by atoms with Gasteiger partial charge in [0.05, 0.1) is 11.3 Å². The van der Waals surface area contributed by atoms with Crippen molar-refractivity contribution in [3.8, 4) is 0 Å². The smallest absolute Gasteiger partial charge is 0.273 e. The van der Waals surface area contributed by atoms with E-state index in [0.29, 0.717) is 22.0 Å². The molecule has 1 N–H and O–H groups in total. The number of rotatable bonds is 10. The van der Waals surface area contributed by atoms with Crippen molar-refractivity contribution in [2.75, 3.05) is 0 Å². The highest BCUT2D eigenvalue weighted by molar-refractivity contribution is 6.36. The Balaban J connectivity index is 2.43. The van der Waals surface area contributed by atoms with Gasteiger partial charge in [0.1, 0.15) is 6.04 Å². The zero-order valence-corrected chi connectivity index (χ0v) is 19.8. The first-order valence-corrected chi connectivity index (χ1v) is 11.2. The second kappa shape index (κ2) is 11.8. The predicted molar refractivity (Wildman–Crippen MR) is 126 cm³/mol. The minimum Gasteiger partial charge on any atom is -0.352 e. The second-order valence-electron chi connectivity index (χ2n) is 7.53. The predicted octanol–water partition coefficient (Wildman–Crippen LogP) is 5.17. The van der Waals surface area contributed by atoms with Gasteiger partial charge < -0.3 is 10.2 Å². The summed E-state index contributed by atoms with van der Waals surface area (Å²) in [7, 11) is 0. The Hall–Kier alpha value is -2.64. The van der Waals surface area contributed by atoms with Crippen molar-refractivity contribution < 1.29 is 14.5 Å². The standard InChI is InChI=1S/C23H27Cl2N3O4/c1-4-15(3)26-23(30)20(5-2)27(14-17-18(24)10-8-11-19(17)25)22(29)13-16-9-6-7-12-21(16)28(31)32/h6-12,15,20H,4-5,13-14H2,1-3H3,(H,26,30). The van der Waals surface area contributed by atoms with Crippen LogP contribution in [0, 0.1) is 10.1 Å². The number of nitro benzene ring substituents is 1. The molecule has 0 radical (unpaired) electrons. The van der Waals surface area contributed by atoms with E-state index in [0.717, 1.165) is 6.42 Å². The molecule has 0 saturated heterocycles. The number of para-hydroxylation sites is 1. The molecule has 172 valence electrons. The Morgan fingerprint density at radius 3 is 2.25 bits per heavy atom. The van der Waals surface area contributed by atoms with Crippen molar-refractivity contribution in [2.24, 2.45) is 0 Å². The average molecular weight is 480 g/mol. The molecule has 2 aromatic rings. The zero-order valence-electron chi connectivity index (χ0n) is 18.3. The maximum Gasteiger partial charge on any atom is 0.273 e. The average Bonchev–Trinajstić information content (AvgIpc) is 2.75. The third-order valence-corrected chi connectivity index (χ3v) is 6.02. The number of hydrogen-bond acceptors (Lipinski definition) is 4. The molecule has 0 aliphatic carbocycles. The lowest BCUT2D eigenvalue weighted by Crippen LogP contribution is -2.51. The van der Waals surface area contributed by atoms with E-state index >= 15 is 0 Å². The highest BCUT2D eigenvalue weighted by Gasteiger charge is 2.31. The van der Waals surface area contributed by atoms with Crippen molar-refractivity contribution in [1.29, 1.82) is 0 Å². The largest absolute Gasteiger partial charge is 0.352 e. The minimum absolute atomic E-state index is 0.00437. The third-order valence-electron chi connectivity index (χ3n) is 5.31. The van der Waals surface area contributed by atoms with Crippen LogP contribution in [0.15, 0.2) is 42.5 Å². The van der Waals surface area contributed by atoms with Crippen LogP contribution in [-0.4, -0.2) is 33.7 Å². The number of nitrogens with one attached hydrogen (secondary N) is 1. The number of nitrogens with zero attached hydrogens (tertiary/aromatic N) is 2. The molecule has 32 heavy (non-hydrogen) atoms. The van der Waals surface area contributed by atoms with Gasteiger partial charge in [-0.2, -0.15) is 0 Å². The molecule has 0 saturated carbocycles. The Kier molecular flexibility index (Phi) is 9.47. The van der Waals surface area contributed by atoms with Gasteiger partial charge in [0.15, 0.2) is 0 Å². The Morgan fingerprint density at radius 2 is 1.69 bits per heavy atom. The van der Waals surface area contributed by atoms with Crippen molar-refractivity contribution >= 4 is 40.7 Å². The summed E-state index contributed by atoms with van der Waals surface area (Å²) < 4.78 is 0. The van der Waals surface area contributed by atoms with Gasteiger partial charge >= 0.3 is 0 Å². The maximum atomic E-state index is 13.4. The van der Waals surface area contributed by atoms with Gasteiger partial charge in [-0.05, 0) is 31.9 Å². The molecule has 0 spiro atoms. The summed E-state index contributed by atoms with van der Waals surface area (Å²) in [5.41, 5.74) is 0.644. The van der Waals surface area contributed by atoms with Crippen LogP contribution in [0.2, 0.25) is 10.0 Å². The Morgan fingerprint density at radius 1 is 1.06 bits per heavy atom. The molecule has 2 rings (SSSR count). The Bertz CT molecular complexity index is 963. The first-order valence-electron chi connectivity index (χ1n) is 10.4. The molecule has 0 aliphatic heterocycles. The first-order chi connectivity index (χ1) is 15.2. The van der Waals surface area contributed by atoms with E-state index in [4.69, 9.17) is 23.2 Å². The summed E-state index contributed by atoms with van der Waals surface area (Å²) in [6.45, 7) is 5.65. The zero-order chi connectivity index (χ0) is 23.8.